The first-order valence-electron chi connectivity index (χ1n) is 9.92. The number of ketones is 2. The first kappa shape index (κ1) is 21.6. The summed E-state index contributed by atoms with van der Waals surface area (Å²) in [6.45, 7) is 15.3. The summed E-state index contributed by atoms with van der Waals surface area (Å²) in [5.41, 5.74) is -1.44. The summed E-state index contributed by atoms with van der Waals surface area (Å²) in [6.07, 6.45) is 5.52. The van der Waals surface area contributed by atoms with Gasteiger partial charge in [0.15, 0.2) is 5.78 Å². The van der Waals surface area contributed by atoms with Crippen LogP contribution in [0.2, 0.25) is 0 Å². The van der Waals surface area contributed by atoms with Crippen LogP contribution in [0.3, 0.4) is 0 Å². The van der Waals surface area contributed by atoms with Crippen molar-refractivity contribution in [3.8, 4) is 0 Å². The van der Waals surface area contributed by atoms with E-state index >= 15 is 0 Å². The van der Waals surface area contributed by atoms with Gasteiger partial charge in [-0.15, -0.1) is 0 Å². The summed E-state index contributed by atoms with van der Waals surface area (Å²) in [6, 6.07) is 0. The first-order valence-corrected chi connectivity index (χ1v) is 9.92. The highest BCUT2D eigenvalue weighted by molar-refractivity contribution is 6.25. The zero-order valence-corrected chi connectivity index (χ0v) is 18.1. The molecular formula is C23H34O4. The number of allylic oxidation sites excluding steroid dienone is 4. The largest absolute Gasteiger partial charge is 0.441 e. The van der Waals surface area contributed by atoms with Gasteiger partial charge in [-0.05, 0) is 52.9 Å². The predicted molar refractivity (Wildman–Crippen MR) is 106 cm³/mol. The summed E-state index contributed by atoms with van der Waals surface area (Å²) in [5, 5.41) is 0. The molecule has 150 valence electrons. The van der Waals surface area contributed by atoms with Gasteiger partial charge >= 0.3 is 5.97 Å². The van der Waals surface area contributed by atoms with Crippen molar-refractivity contribution in [3.63, 3.8) is 0 Å². The van der Waals surface area contributed by atoms with E-state index in [1.807, 2.05) is 47.6 Å². The number of hydrogen-bond donors (Lipinski definition) is 0. The Hall–Kier alpha value is -1.71. The van der Waals surface area contributed by atoms with Gasteiger partial charge in [0.25, 0.3) is 0 Å². The smallest absolute Gasteiger partial charge is 0.321 e. The van der Waals surface area contributed by atoms with Crippen molar-refractivity contribution in [2.45, 2.75) is 80.3 Å². The molecule has 0 N–H and O–H groups in total. The third-order valence-electron chi connectivity index (χ3n) is 6.45. The van der Waals surface area contributed by atoms with Crippen LogP contribution in [0.4, 0.5) is 0 Å². The molecule has 0 radical (unpaired) electrons. The number of Topliss-reactive ketones (excluding diaryl/α,β-unsaturated/α-hetero) is 2. The standard InChI is InChI=1S/C23H34O4/c1-14(2)9-10-17-13-22(12-11-15(3)4)19(25)23(21(17,7)8,27-20(22)26)18(24)16(5)6/h9,11,16-17H,10,12-13H2,1-8H3. The number of carbonyl (C=O) groups excluding carboxylic acids is 3. The number of ether oxygens (including phenoxy) is 1. The summed E-state index contributed by atoms with van der Waals surface area (Å²) < 4.78 is 5.81. The zero-order valence-electron chi connectivity index (χ0n) is 18.1. The molecule has 0 aromatic rings. The fourth-order valence-corrected chi connectivity index (χ4v) is 4.56. The Bertz CT molecular complexity index is 717. The van der Waals surface area contributed by atoms with Crippen molar-refractivity contribution >= 4 is 17.5 Å². The SMILES string of the molecule is CC(C)=CCC1CC2(CC=C(C)C)C(=O)OC(C(=O)C(C)C)(C2=O)C1(C)C. The molecule has 0 aromatic heterocycles. The quantitative estimate of drug-likeness (QED) is 0.380. The van der Waals surface area contributed by atoms with Crippen LogP contribution in [0.5, 0.6) is 0 Å². The molecule has 3 atom stereocenters. The minimum absolute atomic E-state index is 0.00446. The van der Waals surface area contributed by atoms with E-state index in [0.29, 0.717) is 12.8 Å². The molecule has 3 unspecified atom stereocenters. The number of hydrogen-bond acceptors (Lipinski definition) is 4. The molecule has 4 heteroatoms. The topological polar surface area (TPSA) is 60.4 Å². The Balaban J connectivity index is 2.68. The predicted octanol–water partition coefficient (Wildman–Crippen LogP) is 4.82. The van der Waals surface area contributed by atoms with E-state index in [0.717, 1.165) is 12.0 Å². The van der Waals surface area contributed by atoms with Gasteiger partial charge in [-0.25, -0.2) is 0 Å². The molecule has 2 bridgehead atoms. The molecule has 0 amide bonds. The van der Waals surface area contributed by atoms with E-state index in [-0.39, 0.29) is 23.4 Å². The van der Waals surface area contributed by atoms with Gasteiger partial charge in [-0.1, -0.05) is 51.0 Å². The van der Waals surface area contributed by atoms with Crippen LogP contribution in [-0.2, 0) is 19.1 Å². The maximum absolute atomic E-state index is 13.7. The Morgan fingerprint density at radius 3 is 2.15 bits per heavy atom. The van der Waals surface area contributed by atoms with E-state index in [1.165, 1.54) is 5.57 Å². The van der Waals surface area contributed by atoms with Gasteiger partial charge in [0, 0.05) is 11.3 Å². The summed E-state index contributed by atoms with van der Waals surface area (Å²) in [5.74, 6) is -1.50. The number of esters is 1. The third-order valence-corrected chi connectivity index (χ3v) is 6.45. The maximum atomic E-state index is 13.7. The lowest BCUT2D eigenvalue weighted by Gasteiger charge is -2.50. The maximum Gasteiger partial charge on any atom is 0.321 e. The minimum atomic E-state index is -1.67. The van der Waals surface area contributed by atoms with E-state index in [1.54, 1.807) is 13.8 Å². The van der Waals surface area contributed by atoms with Crippen LogP contribution in [0.1, 0.15) is 74.7 Å². The van der Waals surface area contributed by atoms with Crippen molar-refractivity contribution in [1.29, 1.82) is 0 Å². The van der Waals surface area contributed by atoms with Crippen LogP contribution in [0.25, 0.3) is 0 Å². The highest BCUT2D eigenvalue weighted by Crippen LogP contribution is 2.62. The summed E-state index contributed by atoms with van der Waals surface area (Å²) in [4.78, 5) is 40.0. The van der Waals surface area contributed by atoms with Gasteiger partial charge in [0.1, 0.15) is 5.41 Å². The first-order chi connectivity index (χ1) is 12.3. The zero-order chi connectivity index (χ0) is 20.8. The van der Waals surface area contributed by atoms with Crippen LogP contribution in [-0.4, -0.2) is 23.1 Å². The lowest BCUT2D eigenvalue weighted by molar-refractivity contribution is -0.179. The van der Waals surface area contributed by atoms with Gasteiger partial charge < -0.3 is 4.74 Å². The van der Waals surface area contributed by atoms with E-state index in [9.17, 15) is 14.4 Å². The van der Waals surface area contributed by atoms with Gasteiger partial charge in [-0.2, -0.15) is 0 Å². The number of fused-ring (bicyclic) bond motifs is 2. The van der Waals surface area contributed by atoms with Gasteiger partial charge in [-0.3, -0.25) is 14.4 Å². The molecule has 1 heterocycles. The average molecular weight is 375 g/mol. The Morgan fingerprint density at radius 1 is 1.11 bits per heavy atom. The van der Waals surface area contributed by atoms with Crippen molar-refractivity contribution < 1.29 is 19.1 Å². The Labute approximate surface area is 163 Å². The molecule has 2 rings (SSSR count). The second kappa shape index (κ2) is 7.03. The Morgan fingerprint density at radius 2 is 1.67 bits per heavy atom. The number of rotatable bonds is 6. The van der Waals surface area contributed by atoms with Gasteiger partial charge in [0.05, 0.1) is 0 Å². The molecule has 1 aliphatic carbocycles. The summed E-state index contributed by atoms with van der Waals surface area (Å²) in [7, 11) is 0. The molecule has 1 aliphatic heterocycles. The Kier molecular flexibility index (Phi) is 5.62. The average Bonchev–Trinajstić information content (AvgIpc) is 2.73. The fourth-order valence-electron chi connectivity index (χ4n) is 4.56. The molecule has 1 saturated carbocycles. The molecule has 2 aliphatic rings. The lowest BCUT2D eigenvalue weighted by Crippen LogP contribution is -2.65. The highest BCUT2D eigenvalue weighted by Gasteiger charge is 2.77. The highest BCUT2D eigenvalue weighted by atomic mass is 16.6. The van der Waals surface area contributed by atoms with Crippen molar-refractivity contribution in [3.05, 3.63) is 23.3 Å². The van der Waals surface area contributed by atoms with Crippen LogP contribution >= 0.6 is 0 Å². The lowest BCUT2D eigenvalue weighted by atomic mass is 9.50. The minimum Gasteiger partial charge on any atom is -0.441 e. The second-order valence-corrected chi connectivity index (χ2v) is 9.63. The van der Waals surface area contributed by atoms with Gasteiger partial charge in [0.2, 0.25) is 11.4 Å². The second-order valence-electron chi connectivity index (χ2n) is 9.63. The number of carbonyl (C=O) groups is 3. The van der Waals surface area contributed by atoms with Crippen molar-refractivity contribution in [1.82, 2.24) is 0 Å². The third kappa shape index (κ3) is 3.11. The normalized spacial score (nSPS) is 31.5. The molecule has 1 saturated heterocycles. The van der Waals surface area contributed by atoms with Crippen molar-refractivity contribution in [2.24, 2.45) is 22.7 Å². The molecule has 27 heavy (non-hydrogen) atoms. The van der Waals surface area contributed by atoms with E-state index in [2.05, 4.69) is 6.08 Å². The molecule has 4 nitrogen and oxygen atoms in total. The monoisotopic (exact) mass is 374 g/mol. The van der Waals surface area contributed by atoms with Crippen LogP contribution in [0.15, 0.2) is 23.3 Å². The molecule has 2 fully saturated rings. The molecule has 0 spiro atoms. The van der Waals surface area contributed by atoms with E-state index < -0.39 is 22.4 Å². The summed E-state index contributed by atoms with van der Waals surface area (Å²) >= 11 is 0. The van der Waals surface area contributed by atoms with Crippen LogP contribution < -0.4 is 0 Å². The van der Waals surface area contributed by atoms with Crippen LogP contribution in [0, 0.1) is 22.7 Å². The van der Waals surface area contributed by atoms with E-state index in [4.69, 9.17) is 4.74 Å². The molecule has 0 aromatic carbocycles. The molecular weight excluding hydrogens is 340 g/mol. The van der Waals surface area contributed by atoms with Crippen molar-refractivity contribution in [2.75, 3.05) is 0 Å². The fraction of sp³-hybridized carbons (Fsp3) is 0.696.